The van der Waals surface area contributed by atoms with Gasteiger partial charge in [0.1, 0.15) is 0 Å². The molecule has 1 N–H and O–H groups in total. The molecule has 0 aromatic heterocycles. The van der Waals surface area contributed by atoms with Gasteiger partial charge in [0.25, 0.3) is 0 Å². The summed E-state index contributed by atoms with van der Waals surface area (Å²) in [5, 5.41) is 4.48. The minimum Gasteiger partial charge on any atom is -0.384 e. The zero-order valence-electron chi connectivity index (χ0n) is 18.9. The molecular weight excluding hydrogens is 374 g/mol. The van der Waals surface area contributed by atoms with E-state index in [0.29, 0.717) is 6.04 Å². The molecule has 0 aliphatic heterocycles. The van der Waals surface area contributed by atoms with Crippen LogP contribution < -0.4 is 5.32 Å². The Balaban J connectivity index is 1.36. The Labute approximate surface area is 185 Å². The number of nitrogens with one attached hydrogen (secondary N) is 1. The molecule has 1 unspecified atom stereocenters. The summed E-state index contributed by atoms with van der Waals surface area (Å²) in [6.07, 6.45) is 27.9. The van der Waals surface area contributed by atoms with Crippen LogP contribution in [0.3, 0.4) is 0 Å². The van der Waals surface area contributed by atoms with Crippen LogP contribution in [0.25, 0.3) is 0 Å². The molecule has 29 heavy (non-hydrogen) atoms. The number of halogens is 1. The number of aryl methyl sites for hydroxylation is 1. The highest BCUT2D eigenvalue weighted by molar-refractivity contribution is 6.31. The van der Waals surface area contributed by atoms with Gasteiger partial charge < -0.3 is 5.32 Å². The number of fused-ring (bicyclic) bond motifs is 1. The third kappa shape index (κ3) is 10.1. The summed E-state index contributed by atoms with van der Waals surface area (Å²) < 4.78 is 0. The van der Waals surface area contributed by atoms with Gasteiger partial charge in [-0.3, -0.25) is 0 Å². The summed E-state index contributed by atoms with van der Waals surface area (Å²) in [5.74, 6) is 0. The van der Waals surface area contributed by atoms with Crippen molar-refractivity contribution in [1.82, 2.24) is 5.32 Å². The summed E-state index contributed by atoms with van der Waals surface area (Å²) in [7, 11) is 0. The SMILES string of the molecule is CCCCCCCCCCCCCCCC/C=C\NC1CCc2cccc(Cl)c21. The van der Waals surface area contributed by atoms with Crippen LogP contribution in [0, 0.1) is 0 Å². The molecule has 0 saturated heterocycles. The normalized spacial score (nSPS) is 15.9. The van der Waals surface area contributed by atoms with Crippen LogP contribution in [0.15, 0.2) is 30.5 Å². The van der Waals surface area contributed by atoms with Gasteiger partial charge in [0.05, 0.1) is 6.04 Å². The van der Waals surface area contributed by atoms with Gasteiger partial charge in [-0.25, -0.2) is 0 Å². The van der Waals surface area contributed by atoms with Crippen molar-refractivity contribution < 1.29 is 0 Å². The zero-order valence-corrected chi connectivity index (χ0v) is 19.6. The maximum atomic E-state index is 6.38. The molecule has 0 bridgehead atoms. The standard InChI is InChI=1S/C27H44ClN/c1-2-3-4-5-6-7-8-9-10-11-12-13-14-15-16-17-23-29-26-22-21-24-19-18-20-25(28)27(24)26/h17-20,23,26,29H,2-16,21-22H2,1H3/b23-17-. The monoisotopic (exact) mass is 417 g/mol. The van der Waals surface area contributed by atoms with Crippen LogP contribution in [0.2, 0.25) is 5.02 Å². The Morgan fingerprint density at radius 1 is 0.862 bits per heavy atom. The lowest BCUT2D eigenvalue weighted by atomic mass is 10.0. The van der Waals surface area contributed by atoms with E-state index in [-0.39, 0.29) is 0 Å². The molecule has 1 atom stereocenters. The van der Waals surface area contributed by atoms with Gasteiger partial charge in [0.2, 0.25) is 0 Å². The number of allylic oxidation sites excluding steroid dienone is 1. The lowest BCUT2D eigenvalue weighted by molar-refractivity contribution is 0.536. The maximum absolute atomic E-state index is 6.38. The maximum Gasteiger partial charge on any atom is 0.0528 e. The van der Waals surface area contributed by atoms with E-state index in [1.165, 1.54) is 107 Å². The first-order valence-corrected chi connectivity index (χ1v) is 12.9. The van der Waals surface area contributed by atoms with Crippen LogP contribution >= 0.6 is 11.6 Å². The second-order valence-corrected chi connectivity index (χ2v) is 9.27. The van der Waals surface area contributed by atoms with Gasteiger partial charge in [0.15, 0.2) is 0 Å². The van der Waals surface area contributed by atoms with Crippen molar-refractivity contribution in [3.05, 3.63) is 46.6 Å². The van der Waals surface area contributed by atoms with Crippen molar-refractivity contribution in [2.24, 2.45) is 0 Å². The number of unbranched alkanes of at least 4 members (excludes halogenated alkanes) is 14. The minimum atomic E-state index is 0.395. The summed E-state index contributed by atoms with van der Waals surface area (Å²) >= 11 is 6.38. The quantitative estimate of drug-likeness (QED) is 0.249. The van der Waals surface area contributed by atoms with E-state index in [1.807, 2.05) is 6.07 Å². The third-order valence-electron chi connectivity index (χ3n) is 6.33. The largest absolute Gasteiger partial charge is 0.384 e. The first kappa shape index (κ1) is 24.3. The summed E-state index contributed by atoms with van der Waals surface area (Å²) in [5.41, 5.74) is 2.73. The van der Waals surface area contributed by atoms with Gasteiger partial charge in [-0.15, -0.1) is 0 Å². The summed E-state index contributed by atoms with van der Waals surface area (Å²) in [4.78, 5) is 0. The zero-order chi connectivity index (χ0) is 20.6. The van der Waals surface area contributed by atoms with E-state index in [9.17, 15) is 0 Å². The molecule has 0 spiro atoms. The smallest absolute Gasteiger partial charge is 0.0528 e. The van der Waals surface area contributed by atoms with E-state index < -0.39 is 0 Å². The Bertz CT molecular complexity index is 566. The first-order chi connectivity index (χ1) is 14.3. The predicted octanol–water partition coefficient (Wildman–Crippen LogP) is 9.30. The number of hydrogen-bond acceptors (Lipinski definition) is 1. The van der Waals surface area contributed by atoms with E-state index in [1.54, 1.807) is 0 Å². The van der Waals surface area contributed by atoms with Gasteiger partial charge in [0, 0.05) is 5.02 Å². The molecule has 1 aromatic carbocycles. The molecule has 0 heterocycles. The molecular formula is C27H44ClN. The fourth-order valence-corrected chi connectivity index (χ4v) is 4.85. The van der Waals surface area contributed by atoms with Gasteiger partial charge >= 0.3 is 0 Å². The van der Waals surface area contributed by atoms with Gasteiger partial charge in [-0.05, 0) is 49.1 Å². The molecule has 2 heteroatoms. The molecule has 1 nitrogen and oxygen atoms in total. The van der Waals surface area contributed by atoms with E-state index in [2.05, 4.69) is 36.6 Å². The van der Waals surface area contributed by atoms with E-state index >= 15 is 0 Å². The predicted molar refractivity (Wildman–Crippen MR) is 130 cm³/mol. The van der Waals surface area contributed by atoms with Gasteiger partial charge in [-0.1, -0.05) is 120 Å². The van der Waals surface area contributed by atoms with E-state index in [0.717, 1.165) is 17.9 Å². The molecule has 0 saturated carbocycles. The summed E-state index contributed by atoms with van der Waals surface area (Å²) in [6, 6.07) is 6.68. The fourth-order valence-electron chi connectivity index (χ4n) is 4.53. The molecule has 0 fully saturated rings. The number of benzene rings is 1. The summed E-state index contributed by atoms with van der Waals surface area (Å²) in [6.45, 7) is 2.29. The van der Waals surface area contributed by atoms with E-state index in [4.69, 9.17) is 11.6 Å². The van der Waals surface area contributed by atoms with Crippen molar-refractivity contribution in [3.63, 3.8) is 0 Å². The topological polar surface area (TPSA) is 12.0 Å². The molecule has 164 valence electrons. The van der Waals surface area contributed by atoms with Crippen LogP contribution in [-0.2, 0) is 6.42 Å². The molecule has 1 aliphatic carbocycles. The third-order valence-corrected chi connectivity index (χ3v) is 6.66. The molecule has 1 aliphatic rings. The minimum absolute atomic E-state index is 0.395. The van der Waals surface area contributed by atoms with Crippen LogP contribution in [0.5, 0.6) is 0 Å². The van der Waals surface area contributed by atoms with Crippen molar-refractivity contribution in [1.29, 1.82) is 0 Å². The van der Waals surface area contributed by atoms with Crippen LogP contribution in [0.4, 0.5) is 0 Å². The average Bonchev–Trinajstić information content (AvgIpc) is 3.15. The Hall–Kier alpha value is -0.950. The van der Waals surface area contributed by atoms with Crippen molar-refractivity contribution in [3.8, 4) is 0 Å². The number of rotatable bonds is 17. The van der Waals surface area contributed by atoms with Crippen molar-refractivity contribution >= 4 is 11.6 Å². The van der Waals surface area contributed by atoms with Gasteiger partial charge in [-0.2, -0.15) is 0 Å². The Kier molecular flexibility index (Phi) is 13.3. The highest BCUT2D eigenvalue weighted by Gasteiger charge is 2.23. The van der Waals surface area contributed by atoms with Crippen molar-refractivity contribution in [2.75, 3.05) is 0 Å². The average molecular weight is 418 g/mol. The Morgan fingerprint density at radius 3 is 2.07 bits per heavy atom. The molecule has 0 amide bonds. The van der Waals surface area contributed by atoms with Crippen molar-refractivity contribution in [2.45, 2.75) is 122 Å². The molecule has 0 radical (unpaired) electrons. The number of hydrogen-bond donors (Lipinski definition) is 1. The van der Waals surface area contributed by atoms with Crippen LogP contribution in [0.1, 0.15) is 127 Å². The molecule has 2 rings (SSSR count). The highest BCUT2D eigenvalue weighted by atomic mass is 35.5. The second kappa shape index (κ2) is 15.8. The molecule has 1 aromatic rings. The highest BCUT2D eigenvalue weighted by Crippen LogP contribution is 2.36. The van der Waals surface area contributed by atoms with Crippen LogP contribution in [-0.4, -0.2) is 0 Å². The lowest BCUT2D eigenvalue weighted by Gasteiger charge is -2.13. The second-order valence-electron chi connectivity index (χ2n) is 8.86. The Morgan fingerprint density at radius 2 is 1.45 bits per heavy atom. The fraction of sp³-hybridized carbons (Fsp3) is 0.704. The first-order valence-electron chi connectivity index (χ1n) is 12.5. The lowest BCUT2D eigenvalue weighted by Crippen LogP contribution is -2.12.